The maximum absolute atomic E-state index is 10.4. The highest BCUT2D eigenvalue weighted by molar-refractivity contribution is 9.10. The van der Waals surface area contributed by atoms with Gasteiger partial charge in [0.2, 0.25) is 0 Å². The topological polar surface area (TPSA) is 76.2 Å². The minimum atomic E-state index is -0.963. The van der Waals surface area contributed by atoms with E-state index in [1.165, 1.54) is 11.8 Å². The minimum Gasteiger partial charge on any atom is -0.480 e. The van der Waals surface area contributed by atoms with E-state index in [1.807, 2.05) is 6.07 Å². The van der Waals surface area contributed by atoms with Gasteiger partial charge in [-0.2, -0.15) is 11.8 Å². The lowest BCUT2D eigenvalue weighted by Gasteiger charge is -2.05. The molecule has 0 saturated heterocycles. The number of carbonyl (C=O) groups is 1. The Morgan fingerprint density at radius 2 is 2.40 bits per heavy atom. The Hall–Kier alpha value is -0.590. The van der Waals surface area contributed by atoms with Crippen molar-refractivity contribution in [3.63, 3.8) is 0 Å². The molecule has 0 aliphatic rings. The van der Waals surface area contributed by atoms with Gasteiger partial charge in [-0.25, -0.2) is 0 Å². The Bertz CT molecular complexity index is 349. The van der Waals surface area contributed by atoms with E-state index in [0.717, 1.165) is 10.0 Å². The molecule has 4 nitrogen and oxygen atoms in total. The molecule has 0 amide bonds. The van der Waals surface area contributed by atoms with E-state index >= 15 is 0 Å². The van der Waals surface area contributed by atoms with E-state index < -0.39 is 12.0 Å². The molecular weight excluding hydrogens is 280 g/mol. The molecule has 1 aromatic rings. The molecule has 0 aliphatic carbocycles. The zero-order valence-corrected chi connectivity index (χ0v) is 10.3. The first-order valence-corrected chi connectivity index (χ1v) is 6.20. The van der Waals surface area contributed by atoms with E-state index in [-0.39, 0.29) is 0 Å². The van der Waals surface area contributed by atoms with Gasteiger partial charge >= 0.3 is 5.97 Å². The second kappa shape index (κ2) is 6.09. The van der Waals surface area contributed by atoms with Gasteiger partial charge < -0.3 is 10.8 Å². The first-order valence-electron chi connectivity index (χ1n) is 4.25. The molecule has 0 spiro atoms. The summed E-state index contributed by atoms with van der Waals surface area (Å²) in [4.78, 5) is 14.4. The van der Waals surface area contributed by atoms with Crippen LogP contribution in [0.3, 0.4) is 0 Å². The monoisotopic (exact) mass is 290 g/mol. The summed E-state index contributed by atoms with van der Waals surface area (Å²) < 4.78 is 0.920. The number of carboxylic acid groups (broad SMARTS) is 1. The van der Waals surface area contributed by atoms with Gasteiger partial charge in [0.1, 0.15) is 6.04 Å². The molecule has 0 aromatic carbocycles. The van der Waals surface area contributed by atoms with E-state index in [9.17, 15) is 4.79 Å². The van der Waals surface area contributed by atoms with Crippen LogP contribution in [0.5, 0.6) is 0 Å². The Kier molecular flexibility index (Phi) is 5.07. The molecule has 0 saturated carbocycles. The molecule has 0 bridgehead atoms. The van der Waals surface area contributed by atoms with E-state index in [4.69, 9.17) is 10.8 Å². The number of nitrogens with zero attached hydrogens (tertiary/aromatic N) is 1. The number of hydrogen-bond donors (Lipinski definition) is 2. The van der Waals surface area contributed by atoms with Crippen molar-refractivity contribution >= 4 is 33.7 Å². The average Bonchev–Trinajstić information content (AvgIpc) is 2.17. The maximum atomic E-state index is 10.4. The summed E-state index contributed by atoms with van der Waals surface area (Å²) in [6.45, 7) is 0. The molecule has 82 valence electrons. The van der Waals surface area contributed by atoms with Crippen LogP contribution in [-0.4, -0.2) is 27.9 Å². The number of hydrogen-bond acceptors (Lipinski definition) is 4. The molecule has 1 heterocycles. The zero-order chi connectivity index (χ0) is 11.3. The lowest BCUT2D eigenvalue weighted by atomic mass is 10.3. The largest absolute Gasteiger partial charge is 0.480 e. The Balaban J connectivity index is 2.35. The van der Waals surface area contributed by atoms with Gasteiger partial charge in [0.15, 0.2) is 0 Å². The van der Waals surface area contributed by atoms with E-state index in [1.54, 1.807) is 12.4 Å². The SMILES string of the molecule is N[C@H](CSCc1cncc(Br)c1)C(=O)O. The summed E-state index contributed by atoms with van der Waals surface area (Å²) in [6, 6.07) is 1.15. The predicted molar refractivity (Wildman–Crippen MR) is 63.7 cm³/mol. The van der Waals surface area contributed by atoms with Crippen LogP contribution in [0.2, 0.25) is 0 Å². The number of rotatable bonds is 5. The molecule has 1 rings (SSSR count). The zero-order valence-electron chi connectivity index (χ0n) is 7.89. The fourth-order valence-electron chi connectivity index (χ4n) is 0.910. The molecule has 0 unspecified atom stereocenters. The summed E-state index contributed by atoms with van der Waals surface area (Å²) in [5.41, 5.74) is 6.41. The van der Waals surface area contributed by atoms with Crippen molar-refractivity contribution in [3.8, 4) is 0 Å². The molecule has 1 atom stereocenters. The fraction of sp³-hybridized carbons (Fsp3) is 0.333. The van der Waals surface area contributed by atoms with Gasteiger partial charge in [-0.15, -0.1) is 0 Å². The lowest BCUT2D eigenvalue weighted by Crippen LogP contribution is -2.32. The Morgan fingerprint density at radius 1 is 1.67 bits per heavy atom. The van der Waals surface area contributed by atoms with Gasteiger partial charge in [-0.05, 0) is 27.6 Å². The normalized spacial score (nSPS) is 12.4. The molecule has 3 N–H and O–H groups in total. The molecule has 0 radical (unpaired) electrons. The number of nitrogens with two attached hydrogens (primary N) is 1. The second-order valence-corrected chi connectivity index (χ2v) is 4.92. The van der Waals surface area contributed by atoms with Crippen LogP contribution in [0.4, 0.5) is 0 Å². The highest BCUT2D eigenvalue weighted by Gasteiger charge is 2.10. The summed E-state index contributed by atoms with van der Waals surface area (Å²) in [6.07, 6.45) is 3.46. The van der Waals surface area contributed by atoms with E-state index in [2.05, 4.69) is 20.9 Å². The van der Waals surface area contributed by atoms with Crippen molar-refractivity contribution in [2.24, 2.45) is 5.73 Å². The Morgan fingerprint density at radius 3 is 3.00 bits per heavy atom. The number of aromatic nitrogens is 1. The Labute approximate surface area is 100 Å². The smallest absolute Gasteiger partial charge is 0.321 e. The third-order valence-electron chi connectivity index (χ3n) is 1.64. The molecule has 6 heteroatoms. The quantitative estimate of drug-likeness (QED) is 0.859. The standard InChI is InChI=1S/C9H11BrN2O2S/c10-7-1-6(2-12-3-7)4-15-5-8(11)9(13)14/h1-3,8H,4-5,11H2,(H,13,14)/t8-/m1/s1. The molecule has 1 aromatic heterocycles. The van der Waals surface area contributed by atoms with Crippen molar-refractivity contribution in [1.82, 2.24) is 4.98 Å². The van der Waals surface area contributed by atoms with Gasteiger partial charge in [0.25, 0.3) is 0 Å². The number of aliphatic carboxylic acids is 1. The first kappa shape index (κ1) is 12.5. The third kappa shape index (κ3) is 4.63. The van der Waals surface area contributed by atoms with Crippen molar-refractivity contribution in [3.05, 3.63) is 28.5 Å². The first-order chi connectivity index (χ1) is 7.09. The van der Waals surface area contributed by atoms with Crippen LogP contribution in [0.1, 0.15) is 5.56 Å². The summed E-state index contributed by atoms with van der Waals surface area (Å²) in [5.74, 6) is 0.157. The minimum absolute atomic E-state index is 0.405. The molecule has 15 heavy (non-hydrogen) atoms. The van der Waals surface area contributed by atoms with Crippen molar-refractivity contribution in [2.75, 3.05) is 5.75 Å². The van der Waals surface area contributed by atoms with Crippen molar-refractivity contribution < 1.29 is 9.90 Å². The van der Waals surface area contributed by atoms with Crippen LogP contribution < -0.4 is 5.73 Å². The van der Waals surface area contributed by atoms with Crippen LogP contribution >= 0.6 is 27.7 Å². The van der Waals surface area contributed by atoms with Crippen LogP contribution in [0, 0.1) is 0 Å². The maximum Gasteiger partial charge on any atom is 0.321 e. The van der Waals surface area contributed by atoms with Gasteiger partial charge in [-0.3, -0.25) is 9.78 Å². The van der Waals surface area contributed by atoms with Gasteiger partial charge in [0, 0.05) is 28.4 Å². The average molecular weight is 291 g/mol. The van der Waals surface area contributed by atoms with E-state index in [0.29, 0.717) is 11.5 Å². The predicted octanol–water partition coefficient (Wildman–Crippen LogP) is 1.49. The van der Waals surface area contributed by atoms with Crippen LogP contribution in [0.25, 0.3) is 0 Å². The number of halogens is 1. The van der Waals surface area contributed by atoms with Crippen LogP contribution in [0.15, 0.2) is 22.9 Å². The van der Waals surface area contributed by atoms with Crippen LogP contribution in [-0.2, 0) is 10.5 Å². The molecular formula is C9H11BrN2O2S. The molecule has 0 aliphatic heterocycles. The third-order valence-corrected chi connectivity index (χ3v) is 3.21. The number of pyridine rings is 1. The number of carboxylic acids is 1. The molecule has 0 fully saturated rings. The summed E-state index contributed by atoms with van der Waals surface area (Å²) >= 11 is 4.80. The second-order valence-electron chi connectivity index (χ2n) is 2.97. The van der Waals surface area contributed by atoms with Crippen molar-refractivity contribution in [2.45, 2.75) is 11.8 Å². The lowest BCUT2D eigenvalue weighted by molar-refractivity contribution is -0.137. The summed E-state index contributed by atoms with van der Waals surface area (Å²) in [7, 11) is 0. The fourth-order valence-corrected chi connectivity index (χ4v) is 2.23. The summed E-state index contributed by atoms with van der Waals surface area (Å²) in [5, 5.41) is 8.57. The highest BCUT2D eigenvalue weighted by atomic mass is 79.9. The highest BCUT2D eigenvalue weighted by Crippen LogP contribution is 2.15. The number of thioether (sulfide) groups is 1. The van der Waals surface area contributed by atoms with Gasteiger partial charge in [-0.1, -0.05) is 0 Å². The van der Waals surface area contributed by atoms with Gasteiger partial charge in [0.05, 0.1) is 0 Å². The van der Waals surface area contributed by atoms with Crippen molar-refractivity contribution in [1.29, 1.82) is 0 Å².